The minimum absolute atomic E-state index is 0.187. The van der Waals surface area contributed by atoms with Crippen LogP contribution in [0.5, 0.6) is 0 Å². The van der Waals surface area contributed by atoms with Gasteiger partial charge >= 0.3 is 0 Å². The lowest BCUT2D eigenvalue weighted by molar-refractivity contribution is -0.133. The third kappa shape index (κ3) is 3.89. The third-order valence-electron chi connectivity index (χ3n) is 5.39. The van der Waals surface area contributed by atoms with E-state index in [-0.39, 0.29) is 6.04 Å². The Bertz CT molecular complexity index is 479. The Labute approximate surface area is 133 Å². The number of carbonyl (C=O) groups excluding carboxylic acids is 1. The van der Waals surface area contributed by atoms with Crippen LogP contribution in [0.15, 0.2) is 30.3 Å². The summed E-state index contributed by atoms with van der Waals surface area (Å²) >= 11 is 0. The van der Waals surface area contributed by atoms with Gasteiger partial charge in [-0.15, -0.1) is 0 Å². The van der Waals surface area contributed by atoms with E-state index in [0.717, 1.165) is 32.4 Å². The topological polar surface area (TPSA) is 46.3 Å². The molecule has 0 aromatic heterocycles. The number of nitrogens with two attached hydrogens (primary N) is 1. The SMILES string of the molecule is NC1CCCN(C(=O)CC2CCC(c3ccccc3)CC2)C1. The molecule has 22 heavy (non-hydrogen) atoms. The van der Waals surface area contributed by atoms with Gasteiger partial charge in [0.05, 0.1) is 0 Å². The fourth-order valence-electron chi connectivity index (χ4n) is 4.04. The lowest BCUT2D eigenvalue weighted by Crippen LogP contribution is -2.46. The fraction of sp³-hybridized carbons (Fsp3) is 0.632. The second-order valence-electron chi connectivity index (χ2n) is 7.07. The van der Waals surface area contributed by atoms with Gasteiger partial charge in [-0.3, -0.25) is 4.79 Å². The van der Waals surface area contributed by atoms with Crippen molar-refractivity contribution in [3.05, 3.63) is 35.9 Å². The molecule has 1 aromatic rings. The van der Waals surface area contributed by atoms with Crippen molar-refractivity contribution in [3.8, 4) is 0 Å². The maximum atomic E-state index is 12.4. The number of likely N-dealkylation sites (tertiary alicyclic amines) is 1. The summed E-state index contributed by atoms with van der Waals surface area (Å²) in [5, 5.41) is 0. The van der Waals surface area contributed by atoms with E-state index in [1.54, 1.807) is 0 Å². The summed E-state index contributed by atoms with van der Waals surface area (Å²) in [7, 11) is 0. The number of hydrogen-bond donors (Lipinski definition) is 1. The van der Waals surface area contributed by atoms with Crippen LogP contribution in [0, 0.1) is 5.92 Å². The number of benzene rings is 1. The molecule has 3 heteroatoms. The van der Waals surface area contributed by atoms with Crippen LogP contribution >= 0.6 is 0 Å². The number of rotatable bonds is 3. The van der Waals surface area contributed by atoms with Crippen LogP contribution in [0.3, 0.4) is 0 Å². The van der Waals surface area contributed by atoms with Gasteiger partial charge < -0.3 is 10.6 Å². The van der Waals surface area contributed by atoms with Crippen molar-refractivity contribution in [2.45, 2.75) is 56.9 Å². The molecular formula is C19H28N2O. The quantitative estimate of drug-likeness (QED) is 0.931. The van der Waals surface area contributed by atoms with Gasteiger partial charge in [-0.2, -0.15) is 0 Å². The molecule has 1 saturated heterocycles. The van der Waals surface area contributed by atoms with Gasteiger partial charge in [0.2, 0.25) is 5.91 Å². The first-order valence-electron chi connectivity index (χ1n) is 8.80. The molecule has 120 valence electrons. The van der Waals surface area contributed by atoms with E-state index in [9.17, 15) is 4.79 Å². The minimum atomic E-state index is 0.187. The molecule has 2 aliphatic rings. The summed E-state index contributed by atoms with van der Waals surface area (Å²) in [6.07, 6.45) is 7.67. The standard InChI is InChI=1S/C19H28N2O/c20-18-7-4-12-21(14-18)19(22)13-15-8-10-17(11-9-15)16-5-2-1-3-6-16/h1-3,5-6,15,17-18H,4,7-14,20H2. The summed E-state index contributed by atoms with van der Waals surface area (Å²) < 4.78 is 0. The van der Waals surface area contributed by atoms with Crippen molar-refractivity contribution in [2.24, 2.45) is 11.7 Å². The van der Waals surface area contributed by atoms with Crippen molar-refractivity contribution in [2.75, 3.05) is 13.1 Å². The highest BCUT2D eigenvalue weighted by molar-refractivity contribution is 5.76. The second kappa shape index (κ2) is 7.28. The summed E-state index contributed by atoms with van der Waals surface area (Å²) in [6, 6.07) is 11.0. The van der Waals surface area contributed by atoms with E-state index < -0.39 is 0 Å². The summed E-state index contributed by atoms with van der Waals surface area (Å²) in [5.41, 5.74) is 7.45. The molecule has 1 heterocycles. The van der Waals surface area contributed by atoms with Crippen molar-refractivity contribution >= 4 is 5.91 Å². The number of amides is 1. The molecule has 1 unspecified atom stereocenters. The monoisotopic (exact) mass is 300 g/mol. The zero-order valence-corrected chi connectivity index (χ0v) is 13.4. The highest BCUT2D eigenvalue weighted by Gasteiger charge is 2.27. The summed E-state index contributed by atoms with van der Waals surface area (Å²) in [4.78, 5) is 14.4. The van der Waals surface area contributed by atoms with Crippen molar-refractivity contribution in [1.29, 1.82) is 0 Å². The van der Waals surface area contributed by atoms with Gasteiger partial charge in [0, 0.05) is 25.6 Å². The maximum absolute atomic E-state index is 12.4. The molecule has 1 aliphatic carbocycles. The van der Waals surface area contributed by atoms with Gasteiger partial charge in [0.25, 0.3) is 0 Å². The van der Waals surface area contributed by atoms with Crippen molar-refractivity contribution < 1.29 is 4.79 Å². The van der Waals surface area contributed by atoms with E-state index >= 15 is 0 Å². The zero-order valence-electron chi connectivity index (χ0n) is 13.4. The van der Waals surface area contributed by atoms with Crippen molar-refractivity contribution in [1.82, 2.24) is 4.90 Å². The number of nitrogens with zero attached hydrogens (tertiary/aromatic N) is 1. The van der Waals surface area contributed by atoms with Crippen molar-refractivity contribution in [3.63, 3.8) is 0 Å². The van der Waals surface area contributed by atoms with Gasteiger partial charge in [-0.05, 0) is 55.9 Å². The predicted molar refractivity (Wildman–Crippen MR) is 89.5 cm³/mol. The van der Waals surface area contributed by atoms with Crippen LogP contribution in [-0.4, -0.2) is 29.9 Å². The molecule has 1 atom stereocenters. The Hall–Kier alpha value is -1.35. The van der Waals surface area contributed by atoms with E-state index in [0.29, 0.717) is 17.7 Å². The average Bonchev–Trinajstić information content (AvgIpc) is 2.56. The lowest BCUT2D eigenvalue weighted by atomic mass is 9.77. The Morgan fingerprint density at radius 1 is 1.09 bits per heavy atom. The van der Waals surface area contributed by atoms with E-state index in [4.69, 9.17) is 5.73 Å². The Balaban J connectivity index is 1.46. The van der Waals surface area contributed by atoms with Crippen LogP contribution in [0.2, 0.25) is 0 Å². The van der Waals surface area contributed by atoms with Crippen LogP contribution in [0.25, 0.3) is 0 Å². The first-order chi connectivity index (χ1) is 10.7. The Kier molecular flexibility index (Phi) is 5.14. The molecule has 0 bridgehead atoms. The highest BCUT2D eigenvalue weighted by Crippen LogP contribution is 2.37. The maximum Gasteiger partial charge on any atom is 0.222 e. The molecule has 1 saturated carbocycles. The molecule has 2 N–H and O–H groups in total. The predicted octanol–water partition coefficient (Wildman–Crippen LogP) is 3.30. The molecule has 2 fully saturated rings. The van der Waals surface area contributed by atoms with E-state index in [1.807, 2.05) is 4.90 Å². The van der Waals surface area contributed by atoms with Gasteiger partial charge in [-0.1, -0.05) is 30.3 Å². The van der Waals surface area contributed by atoms with Gasteiger partial charge in [0.15, 0.2) is 0 Å². The first kappa shape index (κ1) is 15.5. The van der Waals surface area contributed by atoms with Crippen LogP contribution in [0.4, 0.5) is 0 Å². The zero-order chi connectivity index (χ0) is 15.4. The Morgan fingerprint density at radius 2 is 1.82 bits per heavy atom. The highest BCUT2D eigenvalue weighted by atomic mass is 16.2. The molecule has 0 spiro atoms. The Morgan fingerprint density at radius 3 is 2.50 bits per heavy atom. The molecule has 0 radical (unpaired) electrons. The second-order valence-corrected chi connectivity index (χ2v) is 7.07. The minimum Gasteiger partial charge on any atom is -0.341 e. The van der Waals surface area contributed by atoms with Crippen LogP contribution in [0.1, 0.15) is 56.4 Å². The molecule has 3 nitrogen and oxygen atoms in total. The fourth-order valence-corrected chi connectivity index (χ4v) is 4.04. The normalized spacial score (nSPS) is 29.3. The number of hydrogen-bond acceptors (Lipinski definition) is 2. The molecule has 3 rings (SSSR count). The first-order valence-corrected chi connectivity index (χ1v) is 8.80. The van der Waals surface area contributed by atoms with Crippen LogP contribution < -0.4 is 5.73 Å². The third-order valence-corrected chi connectivity index (χ3v) is 5.39. The van der Waals surface area contributed by atoms with E-state index in [2.05, 4.69) is 30.3 Å². The molecule has 1 amide bonds. The van der Waals surface area contributed by atoms with Gasteiger partial charge in [-0.25, -0.2) is 0 Å². The molecular weight excluding hydrogens is 272 g/mol. The largest absolute Gasteiger partial charge is 0.341 e. The molecule has 1 aromatic carbocycles. The lowest BCUT2D eigenvalue weighted by Gasteiger charge is -2.33. The molecule has 1 aliphatic heterocycles. The average molecular weight is 300 g/mol. The number of carbonyl (C=O) groups is 1. The summed E-state index contributed by atoms with van der Waals surface area (Å²) in [5.74, 6) is 1.60. The smallest absolute Gasteiger partial charge is 0.222 e. The van der Waals surface area contributed by atoms with E-state index in [1.165, 1.54) is 31.2 Å². The summed E-state index contributed by atoms with van der Waals surface area (Å²) in [6.45, 7) is 1.67. The number of piperidine rings is 1. The van der Waals surface area contributed by atoms with Crippen LogP contribution in [-0.2, 0) is 4.79 Å². The van der Waals surface area contributed by atoms with Gasteiger partial charge in [0.1, 0.15) is 0 Å².